The van der Waals surface area contributed by atoms with Gasteiger partial charge in [0, 0.05) is 4.88 Å². The van der Waals surface area contributed by atoms with E-state index < -0.39 is 17.6 Å². The van der Waals surface area contributed by atoms with E-state index in [0.29, 0.717) is 11.0 Å². The van der Waals surface area contributed by atoms with E-state index in [1.54, 1.807) is 0 Å². The summed E-state index contributed by atoms with van der Waals surface area (Å²) in [5.74, 6) is -0.315. The number of nitrogen functional groups attached to an aromatic ring is 1. The fourth-order valence-electron chi connectivity index (χ4n) is 2.54. The first-order chi connectivity index (χ1) is 12.7. The van der Waals surface area contributed by atoms with Gasteiger partial charge in [0.15, 0.2) is 4.83 Å². The Morgan fingerprint density at radius 1 is 1.33 bits per heavy atom. The van der Waals surface area contributed by atoms with Crippen molar-refractivity contribution in [3.05, 3.63) is 40.3 Å². The number of benzene rings is 1. The number of fused-ring (bicyclic) bond motifs is 1. The Hall–Kier alpha value is -2.33. The zero-order valence-corrected chi connectivity index (χ0v) is 16.0. The average Bonchev–Trinajstić information content (AvgIpc) is 2.87. The van der Waals surface area contributed by atoms with Crippen LogP contribution in [0.5, 0.6) is 0 Å². The number of nitrogens with two attached hydrogens (primary N) is 1. The minimum absolute atomic E-state index is 0.107. The molecule has 5 nitrogen and oxygen atoms in total. The van der Waals surface area contributed by atoms with Crippen LogP contribution in [0.1, 0.15) is 16.0 Å². The zero-order chi connectivity index (χ0) is 19.8. The molecule has 0 aliphatic carbocycles. The summed E-state index contributed by atoms with van der Waals surface area (Å²) >= 11 is 2.61. The lowest BCUT2D eigenvalue weighted by atomic mass is 10.1. The van der Waals surface area contributed by atoms with Crippen LogP contribution in [-0.4, -0.2) is 16.6 Å². The molecule has 0 bridgehead atoms. The third-order valence-electron chi connectivity index (χ3n) is 3.93. The van der Waals surface area contributed by atoms with Crippen LogP contribution in [0, 0.1) is 13.8 Å². The smallest absolute Gasteiger partial charge is 0.362 e. The number of halogens is 3. The second-order valence-electron chi connectivity index (χ2n) is 5.79. The predicted octanol–water partition coefficient (Wildman–Crippen LogP) is 4.06. The molecule has 2 aromatic heterocycles. The average molecular weight is 413 g/mol. The van der Waals surface area contributed by atoms with Crippen LogP contribution < -0.4 is 16.0 Å². The topological polar surface area (TPSA) is 82.2 Å². The molecule has 0 atom stereocenters. The second-order valence-corrected chi connectivity index (χ2v) is 7.98. The molecule has 0 spiro atoms. The van der Waals surface area contributed by atoms with Gasteiger partial charge in [0.25, 0.3) is 5.82 Å². The highest BCUT2D eigenvalue weighted by Crippen LogP contribution is 2.35. The van der Waals surface area contributed by atoms with Crippen LogP contribution in [0.2, 0.25) is 0 Å². The number of para-hydroxylation sites is 1. The minimum atomic E-state index is -4.54. The summed E-state index contributed by atoms with van der Waals surface area (Å²) in [6, 6.07) is 4.85. The number of nitrogens with one attached hydrogen (secondary N) is 2. The molecular weight excluding hydrogens is 397 g/mol. The molecule has 10 heteroatoms. The summed E-state index contributed by atoms with van der Waals surface area (Å²) in [7, 11) is 0. The van der Waals surface area contributed by atoms with E-state index in [0.717, 1.165) is 38.5 Å². The number of hydrogen-bond donors (Lipinski definition) is 2. The summed E-state index contributed by atoms with van der Waals surface area (Å²) < 4.78 is 39.0. The lowest BCUT2D eigenvalue weighted by Crippen LogP contribution is -2.19. The molecule has 1 aromatic carbocycles. The van der Waals surface area contributed by atoms with Crippen molar-refractivity contribution in [1.82, 2.24) is 4.98 Å². The normalized spacial score (nSPS) is 11.7. The van der Waals surface area contributed by atoms with Crippen LogP contribution in [0.3, 0.4) is 0 Å². The third kappa shape index (κ3) is 4.16. The van der Waals surface area contributed by atoms with Gasteiger partial charge in [-0.05, 0) is 48.3 Å². The Morgan fingerprint density at radius 2 is 2.04 bits per heavy atom. The summed E-state index contributed by atoms with van der Waals surface area (Å²) in [4.78, 5) is 21.4. The number of thiophene rings is 1. The maximum Gasteiger partial charge on any atom is 0.418 e. The highest BCUT2D eigenvalue weighted by molar-refractivity contribution is 7.99. The fraction of sp³-hybridized carbons (Fsp3) is 0.235. The summed E-state index contributed by atoms with van der Waals surface area (Å²) in [6.45, 7) is 3.93. The number of alkyl halides is 3. The molecule has 0 aliphatic heterocycles. The fourth-order valence-corrected chi connectivity index (χ4v) is 4.35. The van der Waals surface area contributed by atoms with Crippen LogP contribution in [0.15, 0.2) is 29.4 Å². The number of rotatable bonds is 4. The molecule has 0 radical (unpaired) electrons. The van der Waals surface area contributed by atoms with Gasteiger partial charge in [-0.15, -0.1) is 0 Å². The predicted molar refractivity (Wildman–Crippen MR) is 101 cm³/mol. The van der Waals surface area contributed by atoms with Crippen molar-refractivity contribution in [2.24, 2.45) is 0 Å². The molecule has 0 unspecified atom stereocenters. The van der Waals surface area contributed by atoms with Crippen molar-refractivity contribution in [1.29, 1.82) is 0 Å². The first-order valence-electron chi connectivity index (χ1n) is 7.84. The van der Waals surface area contributed by atoms with Gasteiger partial charge in [-0.3, -0.25) is 4.79 Å². The molecule has 0 saturated carbocycles. The van der Waals surface area contributed by atoms with Crippen LogP contribution >= 0.6 is 23.1 Å². The Labute approximate surface area is 161 Å². The van der Waals surface area contributed by atoms with Gasteiger partial charge in [-0.25, -0.2) is 4.98 Å². The molecule has 0 saturated heterocycles. The highest BCUT2D eigenvalue weighted by Gasteiger charge is 2.33. The Kier molecular flexibility index (Phi) is 5.29. The first kappa shape index (κ1) is 19.4. The van der Waals surface area contributed by atoms with E-state index in [4.69, 9.17) is 5.73 Å². The van der Waals surface area contributed by atoms with E-state index in [2.05, 4.69) is 15.3 Å². The standard InChI is InChI=1S/C17H15F3N4OS2/c1-8-9(2)27-15-13(8)14(21)23-16(24-15)26-7-12(25)22-11-6-4-3-5-10(11)17(18,19)20/h3-6H,7H2,1-2H3,(H,22,25)(H2,21,23,24)/p+1. The number of aromatic amines is 1. The number of aromatic nitrogens is 2. The number of aryl methyl sites for hydroxylation is 2. The summed E-state index contributed by atoms with van der Waals surface area (Å²) in [6.07, 6.45) is -4.54. The number of carbonyl (C=O) groups excluding carboxylic acids is 1. The van der Waals surface area contributed by atoms with Gasteiger partial charge >= 0.3 is 11.3 Å². The van der Waals surface area contributed by atoms with Gasteiger partial charge in [0.1, 0.15) is 5.39 Å². The molecule has 3 rings (SSSR count). The number of amides is 1. The quantitative estimate of drug-likeness (QED) is 0.499. The summed E-state index contributed by atoms with van der Waals surface area (Å²) in [5.41, 5.74) is 5.90. The SMILES string of the molecule is Cc1sc2[nH+]c(SCC(=O)Nc3ccccc3C(F)(F)F)nc(N)c2c1C. The zero-order valence-electron chi connectivity index (χ0n) is 14.4. The lowest BCUT2D eigenvalue weighted by molar-refractivity contribution is -0.399. The van der Waals surface area contributed by atoms with E-state index in [1.165, 1.54) is 29.5 Å². The van der Waals surface area contributed by atoms with Crippen molar-refractivity contribution in [3.8, 4) is 0 Å². The van der Waals surface area contributed by atoms with Gasteiger partial charge in [0.2, 0.25) is 5.91 Å². The molecule has 142 valence electrons. The van der Waals surface area contributed by atoms with Gasteiger partial charge in [0.05, 0.1) is 17.0 Å². The van der Waals surface area contributed by atoms with E-state index in [-0.39, 0.29) is 11.4 Å². The van der Waals surface area contributed by atoms with Crippen molar-refractivity contribution in [3.63, 3.8) is 0 Å². The van der Waals surface area contributed by atoms with Crippen molar-refractivity contribution < 1.29 is 22.9 Å². The van der Waals surface area contributed by atoms with E-state index >= 15 is 0 Å². The lowest BCUT2D eigenvalue weighted by Gasteiger charge is -2.12. The van der Waals surface area contributed by atoms with Crippen molar-refractivity contribution in [2.75, 3.05) is 16.8 Å². The van der Waals surface area contributed by atoms with E-state index in [9.17, 15) is 18.0 Å². The Balaban J connectivity index is 1.73. The minimum Gasteiger partial charge on any atom is -0.362 e. The Bertz CT molecular complexity index is 1020. The largest absolute Gasteiger partial charge is 0.418 e. The molecule has 2 heterocycles. The monoisotopic (exact) mass is 413 g/mol. The van der Waals surface area contributed by atoms with Crippen molar-refractivity contribution in [2.45, 2.75) is 25.2 Å². The molecule has 0 aliphatic rings. The number of thioether (sulfide) groups is 1. The Morgan fingerprint density at radius 3 is 2.74 bits per heavy atom. The van der Waals surface area contributed by atoms with Gasteiger partial charge < -0.3 is 11.1 Å². The second kappa shape index (κ2) is 7.35. The number of carbonyl (C=O) groups is 1. The number of H-pyrrole nitrogens is 1. The highest BCUT2D eigenvalue weighted by atomic mass is 32.2. The molecule has 27 heavy (non-hydrogen) atoms. The molecule has 4 N–H and O–H groups in total. The van der Waals surface area contributed by atoms with Crippen LogP contribution in [0.4, 0.5) is 24.7 Å². The summed E-state index contributed by atoms with van der Waals surface area (Å²) in [5, 5.41) is 3.59. The van der Waals surface area contributed by atoms with Crippen LogP contribution in [-0.2, 0) is 11.0 Å². The first-order valence-corrected chi connectivity index (χ1v) is 9.64. The number of anilines is 2. The van der Waals surface area contributed by atoms with E-state index in [1.807, 2.05) is 13.8 Å². The number of nitrogens with zero attached hydrogens (tertiary/aromatic N) is 1. The van der Waals surface area contributed by atoms with Crippen LogP contribution in [0.25, 0.3) is 10.2 Å². The number of hydrogen-bond acceptors (Lipinski definition) is 5. The maximum atomic E-state index is 13.0. The third-order valence-corrected chi connectivity index (χ3v) is 5.93. The molecular formula is C17H16F3N4OS2+. The maximum absolute atomic E-state index is 13.0. The molecule has 0 fully saturated rings. The molecule has 3 aromatic rings. The van der Waals surface area contributed by atoms with Crippen molar-refractivity contribution >= 4 is 50.7 Å². The van der Waals surface area contributed by atoms with Gasteiger partial charge in [-0.2, -0.15) is 13.2 Å². The molecule has 1 amide bonds. The van der Waals surface area contributed by atoms with Gasteiger partial charge in [-0.1, -0.05) is 23.5 Å².